The van der Waals surface area contributed by atoms with Crippen molar-refractivity contribution < 1.29 is 19.4 Å². The summed E-state index contributed by atoms with van der Waals surface area (Å²) in [5.74, 6) is -0.191. The van der Waals surface area contributed by atoms with Crippen LogP contribution in [0.5, 0.6) is 0 Å². The third-order valence-electron chi connectivity index (χ3n) is 4.85. The van der Waals surface area contributed by atoms with Gasteiger partial charge in [0.1, 0.15) is 5.60 Å². The van der Waals surface area contributed by atoms with Crippen molar-refractivity contribution in [3.8, 4) is 0 Å². The minimum absolute atomic E-state index is 0.0991. The van der Waals surface area contributed by atoms with E-state index in [9.17, 15) is 14.7 Å². The Morgan fingerprint density at radius 2 is 1.77 bits per heavy atom. The zero-order valence-electron chi connectivity index (χ0n) is 20.2. The van der Waals surface area contributed by atoms with Crippen molar-refractivity contribution >= 4 is 34.2 Å². The van der Waals surface area contributed by atoms with E-state index in [1.54, 1.807) is 26.2 Å². The van der Waals surface area contributed by atoms with Crippen LogP contribution in [-0.4, -0.2) is 40.8 Å². The minimum Gasteiger partial charge on any atom is -0.444 e. The molecule has 9 heteroatoms. The van der Waals surface area contributed by atoms with Gasteiger partial charge in [0.25, 0.3) is 0 Å². The van der Waals surface area contributed by atoms with Gasteiger partial charge in [0.15, 0.2) is 5.13 Å². The normalized spacial score (nSPS) is 12.1. The second-order valence-corrected chi connectivity index (χ2v) is 9.93. The number of nitrogens with one attached hydrogen (secondary N) is 3. The molecule has 0 fully saturated rings. The Labute approximate surface area is 209 Å². The number of thiazole rings is 1. The number of carbonyl (C=O) groups is 2. The van der Waals surface area contributed by atoms with E-state index in [1.165, 1.54) is 11.3 Å². The Bertz CT molecular complexity index is 1090. The molecule has 2 aromatic carbocycles. The lowest BCUT2D eigenvalue weighted by Crippen LogP contribution is -2.27. The second kappa shape index (κ2) is 12.4. The maximum Gasteiger partial charge on any atom is 0.413 e. The van der Waals surface area contributed by atoms with Gasteiger partial charge in [-0.3, -0.25) is 10.1 Å². The van der Waals surface area contributed by atoms with Gasteiger partial charge in [-0.15, -0.1) is 11.3 Å². The molecule has 4 N–H and O–H groups in total. The number of carbonyl (C=O) groups excluding carboxylic acids is 2. The van der Waals surface area contributed by atoms with Gasteiger partial charge in [-0.05, 0) is 57.0 Å². The number of rotatable bonds is 10. The molecule has 8 nitrogen and oxygen atoms in total. The molecular weight excluding hydrogens is 464 g/mol. The molecule has 3 aromatic rings. The van der Waals surface area contributed by atoms with Crippen molar-refractivity contribution in [2.45, 2.75) is 45.3 Å². The van der Waals surface area contributed by atoms with E-state index in [2.05, 4.69) is 20.9 Å². The van der Waals surface area contributed by atoms with Crippen LogP contribution in [-0.2, 0) is 22.4 Å². The van der Waals surface area contributed by atoms with Gasteiger partial charge < -0.3 is 20.5 Å². The van der Waals surface area contributed by atoms with E-state index in [-0.39, 0.29) is 12.3 Å². The highest BCUT2D eigenvalue weighted by Gasteiger charge is 2.17. The van der Waals surface area contributed by atoms with Crippen molar-refractivity contribution in [1.82, 2.24) is 10.3 Å². The zero-order valence-corrected chi connectivity index (χ0v) is 21.0. The number of aliphatic hydroxyl groups excluding tert-OH is 1. The van der Waals surface area contributed by atoms with Crippen LogP contribution in [0.1, 0.15) is 43.7 Å². The maximum absolute atomic E-state index is 12.4. The average molecular weight is 497 g/mol. The first-order chi connectivity index (χ1) is 16.7. The number of ether oxygens (including phenoxy) is 1. The Hall–Kier alpha value is -3.27. The van der Waals surface area contributed by atoms with Crippen LogP contribution in [0.3, 0.4) is 0 Å². The summed E-state index contributed by atoms with van der Waals surface area (Å²) >= 11 is 1.24. The van der Waals surface area contributed by atoms with E-state index in [0.717, 1.165) is 24.1 Å². The average Bonchev–Trinajstić information content (AvgIpc) is 3.23. The predicted octanol–water partition coefficient (Wildman–Crippen LogP) is 4.54. The van der Waals surface area contributed by atoms with Crippen LogP contribution in [0.15, 0.2) is 60.0 Å². The van der Waals surface area contributed by atoms with E-state index < -0.39 is 17.8 Å². The molecule has 0 saturated heterocycles. The fraction of sp³-hybridized carbons (Fsp3) is 0.346. The summed E-state index contributed by atoms with van der Waals surface area (Å²) in [6.45, 7) is 6.58. The molecule has 0 saturated carbocycles. The molecule has 0 bridgehead atoms. The summed E-state index contributed by atoms with van der Waals surface area (Å²) in [7, 11) is 0. The zero-order chi connectivity index (χ0) is 25.3. The van der Waals surface area contributed by atoms with Crippen LogP contribution >= 0.6 is 11.3 Å². The summed E-state index contributed by atoms with van der Waals surface area (Å²) in [5, 5.41) is 21.0. The number of amides is 2. The molecule has 0 aliphatic heterocycles. The summed E-state index contributed by atoms with van der Waals surface area (Å²) in [6.07, 6.45) is -0.203. The number of anilines is 2. The molecule has 1 atom stereocenters. The first-order valence-corrected chi connectivity index (χ1v) is 12.3. The highest BCUT2D eigenvalue weighted by molar-refractivity contribution is 7.13. The quantitative estimate of drug-likeness (QED) is 0.307. The van der Waals surface area contributed by atoms with Gasteiger partial charge in [-0.2, -0.15) is 0 Å². The lowest BCUT2D eigenvalue weighted by molar-refractivity contribution is -0.115. The Morgan fingerprint density at radius 1 is 1.06 bits per heavy atom. The lowest BCUT2D eigenvalue weighted by atomic mass is 10.1. The van der Waals surface area contributed by atoms with Gasteiger partial charge >= 0.3 is 6.09 Å². The van der Waals surface area contributed by atoms with Gasteiger partial charge in [0, 0.05) is 17.6 Å². The van der Waals surface area contributed by atoms with Crippen molar-refractivity contribution in [3.05, 3.63) is 76.8 Å². The van der Waals surface area contributed by atoms with Crippen LogP contribution < -0.4 is 16.0 Å². The first kappa shape index (κ1) is 26.3. The molecule has 0 aliphatic rings. The Morgan fingerprint density at radius 3 is 2.46 bits per heavy atom. The number of aromatic nitrogens is 1. The fourth-order valence-corrected chi connectivity index (χ4v) is 3.92. The molecule has 0 unspecified atom stereocenters. The number of nitrogens with zero attached hydrogens (tertiary/aromatic N) is 1. The molecule has 1 heterocycles. The van der Waals surface area contributed by atoms with Gasteiger partial charge in [0.2, 0.25) is 5.91 Å². The van der Waals surface area contributed by atoms with Crippen molar-refractivity contribution in [2.24, 2.45) is 0 Å². The van der Waals surface area contributed by atoms with E-state index in [1.807, 2.05) is 54.6 Å². The highest BCUT2D eigenvalue weighted by atomic mass is 32.1. The van der Waals surface area contributed by atoms with Crippen LogP contribution in [0.4, 0.5) is 15.6 Å². The smallest absolute Gasteiger partial charge is 0.413 e. The molecule has 2 amide bonds. The Kier molecular flexibility index (Phi) is 9.36. The topological polar surface area (TPSA) is 113 Å². The largest absolute Gasteiger partial charge is 0.444 e. The number of hydrogen-bond donors (Lipinski definition) is 4. The van der Waals surface area contributed by atoms with Gasteiger partial charge in [0.05, 0.1) is 18.2 Å². The number of benzene rings is 2. The molecule has 35 heavy (non-hydrogen) atoms. The molecule has 0 aliphatic carbocycles. The van der Waals surface area contributed by atoms with E-state index in [4.69, 9.17) is 4.74 Å². The highest BCUT2D eigenvalue weighted by Crippen LogP contribution is 2.18. The lowest BCUT2D eigenvalue weighted by Gasteiger charge is -2.18. The van der Waals surface area contributed by atoms with E-state index >= 15 is 0 Å². The van der Waals surface area contributed by atoms with Crippen LogP contribution in [0.2, 0.25) is 0 Å². The molecule has 0 spiro atoms. The molecule has 1 aromatic heterocycles. The summed E-state index contributed by atoms with van der Waals surface area (Å²) < 4.78 is 5.20. The number of hydrogen-bond acceptors (Lipinski definition) is 7. The van der Waals surface area contributed by atoms with Crippen molar-refractivity contribution in [3.63, 3.8) is 0 Å². The standard InChI is InChI=1S/C26H32N4O4S/c1-26(2,3)34-25(33)30-24-29-21(17-35-24)15-23(32)28-20-11-9-18(10-12-20)13-14-27-16-22(31)19-7-5-4-6-8-19/h4-12,17,22,27,31H,13-16H2,1-3H3,(H,28,32)(H,29,30,33)/t22-/m0/s1. The summed E-state index contributed by atoms with van der Waals surface area (Å²) in [5.41, 5.74) is 2.70. The molecule has 0 radical (unpaired) electrons. The van der Waals surface area contributed by atoms with Crippen LogP contribution in [0, 0.1) is 0 Å². The Balaban J connectivity index is 1.38. The van der Waals surface area contributed by atoms with Gasteiger partial charge in [-0.1, -0.05) is 42.5 Å². The second-order valence-electron chi connectivity index (χ2n) is 9.07. The third kappa shape index (κ3) is 9.48. The molecule has 3 rings (SSSR count). The van der Waals surface area contributed by atoms with Crippen molar-refractivity contribution in [1.29, 1.82) is 0 Å². The summed E-state index contributed by atoms with van der Waals surface area (Å²) in [4.78, 5) is 28.5. The number of aliphatic hydroxyl groups is 1. The van der Waals surface area contributed by atoms with Crippen molar-refractivity contribution in [2.75, 3.05) is 23.7 Å². The van der Waals surface area contributed by atoms with Crippen LogP contribution in [0.25, 0.3) is 0 Å². The molecule has 186 valence electrons. The summed E-state index contributed by atoms with van der Waals surface area (Å²) in [6, 6.07) is 17.2. The molecular formula is C26H32N4O4S. The monoisotopic (exact) mass is 496 g/mol. The van der Waals surface area contributed by atoms with E-state index in [0.29, 0.717) is 23.1 Å². The predicted molar refractivity (Wildman–Crippen MR) is 139 cm³/mol. The minimum atomic E-state index is -0.596. The maximum atomic E-state index is 12.4. The first-order valence-electron chi connectivity index (χ1n) is 11.4. The fourth-order valence-electron chi connectivity index (χ4n) is 3.23. The van der Waals surface area contributed by atoms with Gasteiger partial charge in [-0.25, -0.2) is 9.78 Å². The third-order valence-corrected chi connectivity index (χ3v) is 5.66. The SMILES string of the molecule is CC(C)(C)OC(=O)Nc1nc(CC(=O)Nc2ccc(CCNC[C@H](O)c3ccccc3)cc2)cs1.